The van der Waals surface area contributed by atoms with Crippen LogP contribution in [0.5, 0.6) is 0 Å². The maximum atomic E-state index is 11.1. The number of rotatable bonds is 3. The highest BCUT2D eigenvalue weighted by atomic mass is 32.2. The first-order valence-electron chi connectivity index (χ1n) is 3.77. The number of nitrogens with one attached hydrogen (secondary N) is 1. The highest BCUT2D eigenvalue weighted by Crippen LogP contribution is 2.17. The van der Waals surface area contributed by atoms with E-state index < -0.39 is 0 Å². The van der Waals surface area contributed by atoms with Crippen LogP contribution in [0.1, 0.15) is 19.8 Å². The van der Waals surface area contributed by atoms with Crippen LogP contribution in [0, 0.1) is 5.41 Å². The summed E-state index contributed by atoms with van der Waals surface area (Å²) in [7, 11) is 0. The predicted molar refractivity (Wildman–Crippen MR) is 46.8 cm³/mol. The monoisotopic (exact) mass is 172 g/mol. The third-order valence-electron chi connectivity index (χ3n) is 1.61. The van der Waals surface area contributed by atoms with Crippen molar-refractivity contribution in [2.75, 3.05) is 12.3 Å². The predicted octanol–water partition coefficient (Wildman–Crippen LogP) is 1.30. The van der Waals surface area contributed by atoms with Crippen LogP contribution >= 0.6 is 11.8 Å². The Balaban J connectivity index is 2.41. The molecule has 1 saturated heterocycles. The molecular formula is C7H12N2OS. The van der Waals surface area contributed by atoms with Crippen molar-refractivity contribution in [3.63, 3.8) is 0 Å². The lowest BCUT2D eigenvalue weighted by Crippen LogP contribution is -2.29. The lowest BCUT2D eigenvalue weighted by molar-refractivity contribution is -0.124. The molecule has 0 bridgehead atoms. The molecule has 0 aromatic heterocycles. The summed E-state index contributed by atoms with van der Waals surface area (Å²) in [4.78, 5) is 12.6. The van der Waals surface area contributed by atoms with Gasteiger partial charge in [0.25, 0.3) is 0 Å². The van der Waals surface area contributed by atoms with Gasteiger partial charge in [0, 0.05) is 6.54 Å². The van der Waals surface area contributed by atoms with E-state index >= 15 is 0 Å². The van der Waals surface area contributed by atoms with Gasteiger partial charge in [0.2, 0.25) is 5.91 Å². The Bertz CT molecular complexity index is 165. The molecule has 0 unspecified atom stereocenters. The van der Waals surface area contributed by atoms with Crippen LogP contribution in [-0.4, -0.2) is 28.3 Å². The fourth-order valence-electron chi connectivity index (χ4n) is 0.942. The highest BCUT2D eigenvalue weighted by Gasteiger charge is 2.25. The van der Waals surface area contributed by atoms with Crippen molar-refractivity contribution in [2.24, 2.45) is 0 Å². The van der Waals surface area contributed by atoms with Gasteiger partial charge in [0.05, 0.1) is 5.75 Å². The van der Waals surface area contributed by atoms with Crippen LogP contribution in [0.15, 0.2) is 0 Å². The van der Waals surface area contributed by atoms with Gasteiger partial charge in [-0.15, -0.1) is 0 Å². The molecule has 3 nitrogen and oxygen atoms in total. The van der Waals surface area contributed by atoms with Gasteiger partial charge in [-0.25, -0.2) is 0 Å². The molecule has 1 aliphatic heterocycles. The number of amidine groups is 1. The first kappa shape index (κ1) is 8.59. The Morgan fingerprint density at radius 3 is 2.91 bits per heavy atom. The Kier molecular flexibility index (Phi) is 2.93. The Hall–Kier alpha value is -0.510. The molecule has 0 aliphatic carbocycles. The van der Waals surface area contributed by atoms with E-state index in [2.05, 4.69) is 6.92 Å². The largest absolute Gasteiger partial charge is 0.291 e. The number of carbonyl (C=O) groups excluding carboxylic acids is 1. The number of hydrogen-bond donors (Lipinski definition) is 1. The fourth-order valence-corrected chi connectivity index (χ4v) is 1.71. The van der Waals surface area contributed by atoms with E-state index in [4.69, 9.17) is 5.41 Å². The van der Waals surface area contributed by atoms with Gasteiger partial charge in [-0.05, 0) is 6.42 Å². The fraction of sp³-hybridized carbons (Fsp3) is 0.714. The van der Waals surface area contributed by atoms with Gasteiger partial charge >= 0.3 is 0 Å². The number of carbonyl (C=O) groups is 1. The minimum absolute atomic E-state index is 0.0912. The van der Waals surface area contributed by atoms with Crippen molar-refractivity contribution in [3.05, 3.63) is 0 Å². The van der Waals surface area contributed by atoms with E-state index in [-0.39, 0.29) is 5.91 Å². The maximum absolute atomic E-state index is 11.1. The summed E-state index contributed by atoms with van der Waals surface area (Å²) in [6.07, 6.45) is 2.07. The summed E-state index contributed by atoms with van der Waals surface area (Å²) in [5, 5.41) is 7.80. The molecule has 0 atom stereocenters. The second-order valence-corrected chi connectivity index (χ2v) is 3.46. The van der Waals surface area contributed by atoms with Gasteiger partial charge in [-0.1, -0.05) is 25.1 Å². The van der Waals surface area contributed by atoms with E-state index in [1.165, 1.54) is 11.8 Å². The van der Waals surface area contributed by atoms with Crippen molar-refractivity contribution in [3.8, 4) is 0 Å². The van der Waals surface area contributed by atoms with Crippen molar-refractivity contribution >= 4 is 22.8 Å². The number of thioether (sulfide) groups is 1. The van der Waals surface area contributed by atoms with E-state index in [9.17, 15) is 4.79 Å². The molecule has 1 amide bonds. The molecule has 0 spiro atoms. The molecule has 62 valence electrons. The van der Waals surface area contributed by atoms with E-state index in [1.807, 2.05) is 0 Å². The van der Waals surface area contributed by atoms with Crippen molar-refractivity contribution in [1.82, 2.24) is 4.90 Å². The average molecular weight is 172 g/mol. The lowest BCUT2D eigenvalue weighted by atomic mass is 10.3. The number of amides is 1. The van der Waals surface area contributed by atoms with Crippen LogP contribution in [0.2, 0.25) is 0 Å². The van der Waals surface area contributed by atoms with Gasteiger partial charge < -0.3 is 0 Å². The second kappa shape index (κ2) is 3.76. The normalized spacial score (nSPS) is 18.1. The second-order valence-electron chi connectivity index (χ2n) is 2.49. The van der Waals surface area contributed by atoms with Gasteiger partial charge in [-0.2, -0.15) is 0 Å². The van der Waals surface area contributed by atoms with Gasteiger partial charge in [0.15, 0.2) is 5.17 Å². The molecule has 0 saturated carbocycles. The summed E-state index contributed by atoms with van der Waals surface area (Å²) in [5.41, 5.74) is 0. The zero-order valence-corrected chi connectivity index (χ0v) is 7.41. The van der Waals surface area contributed by atoms with E-state index in [0.717, 1.165) is 19.4 Å². The Morgan fingerprint density at radius 1 is 1.73 bits per heavy atom. The standard InChI is InChI=1S/C7H12N2OS/c1-2-3-4-9-6(10)5-11-7(9)8/h8H,2-5H2,1H3. The quantitative estimate of drug-likeness (QED) is 0.697. The first-order chi connectivity index (χ1) is 5.25. The molecule has 1 aliphatic rings. The molecule has 1 heterocycles. The third-order valence-corrected chi connectivity index (χ3v) is 2.50. The van der Waals surface area contributed by atoms with Crippen LogP contribution in [0.4, 0.5) is 0 Å². The Labute approximate surface area is 70.7 Å². The van der Waals surface area contributed by atoms with Gasteiger partial charge in [-0.3, -0.25) is 15.1 Å². The van der Waals surface area contributed by atoms with Crippen LogP contribution in [0.3, 0.4) is 0 Å². The molecule has 4 heteroatoms. The summed E-state index contributed by atoms with van der Waals surface area (Å²) in [6.45, 7) is 2.80. The third kappa shape index (κ3) is 1.96. The molecule has 1 N–H and O–H groups in total. The van der Waals surface area contributed by atoms with Crippen LogP contribution in [-0.2, 0) is 4.79 Å². The Morgan fingerprint density at radius 2 is 2.45 bits per heavy atom. The zero-order chi connectivity index (χ0) is 8.27. The number of hydrogen-bond acceptors (Lipinski definition) is 3. The molecular weight excluding hydrogens is 160 g/mol. The molecule has 1 rings (SSSR count). The molecule has 1 fully saturated rings. The smallest absolute Gasteiger partial charge is 0.239 e. The minimum atomic E-state index is 0.0912. The van der Waals surface area contributed by atoms with Crippen molar-refractivity contribution < 1.29 is 4.79 Å². The van der Waals surface area contributed by atoms with E-state index in [0.29, 0.717) is 10.9 Å². The molecule has 0 aromatic rings. The van der Waals surface area contributed by atoms with Crippen molar-refractivity contribution in [1.29, 1.82) is 5.41 Å². The summed E-state index contributed by atoms with van der Waals surface area (Å²) >= 11 is 1.32. The average Bonchev–Trinajstić information content (AvgIpc) is 2.29. The molecule has 0 radical (unpaired) electrons. The van der Waals surface area contributed by atoms with Crippen molar-refractivity contribution in [2.45, 2.75) is 19.8 Å². The lowest BCUT2D eigenvalue weighted by Gasteiger charge is -2.12. The minimum Gasteiger partial charge on any atom is -0.291 e. The number of unbranched alkanes of at least 4 members (excludes halogenated alkanes) is 1. The maximum Gasteiger partial charge on any atom is 0.239 e. The topological polar surface area (TPSA) is 44.2 Å². The molecule has 0 aromatic carbocycles. The zero-order valence-electron chi connectivity index (χ0n) is 6.59. The first-order valence-corrected chi connectivity index (χ1v) is 4.76. The summed E-state index contributed by atoms with van der Waals surface area (Å²) in [6, 6.07) is 0. The van der Waals surface area contributed by atoms with Crippen LogP contribution < -0.4 is 0 Å². The summed E-state index contributed by atoms with van der Waals surface area (Å²) < 4.78 is 0. The van der Waals surface area contributed by atoms with Gasteiger partial charge in [0.1, 0.15) is 0 Å². The van der Waals surface area contributed by atoms with Crippen LogP contribution in [0.25, 0.3) is 0 Å². The summed E-state index contributed by atoms with van der Waals surface area (Å²) in [5.74, 6) is 0.552. The SMILES string of the molecule is CCCCN1C(=N)SCC1=O. The highest BCUT2D eigenvalue weighted by molar-refractivity contribution is 8.14. The number of nitrogens with zero attached hydrogens (tertiary/aromatic N) is 1. The van der Waals surface area contributed by atoms with E-state index in [1.54, 1.807) is 4.90 Å². The molecule has 11 heavy (non-hydrogen) atoms.